The van der Waals surface area contributed by atoms with E-state index in [4.69, 9.17) is 10.5 Å². The van der Waals surface area contributed by atoms with E-state index in [0.29, 0.717) is 17.8 Å². The zero-order valence-corrected chi connectivity index (χ0v) is 11.8. The summed E-state index contributed by atoms with van der Waals surface area (Å²) in [5, 5.41) is 3.32. The lowest BCUT2D eigenvalue weighted by atomic mass is 9.85. The number of hydrogen-bond donors (Lipinski definition) is 2. The summed E-state index contributed by atoms with van der Waals surface area (Å²) in [4.78, 5) is 8.52. The second kappa shape index (κ2) is 6.70. The highest BCUT2D eigenvalue weighted by atomic mass is 16.5. The lowest BCUT2D eigenvalue weighted by molar-refractivity contribution is 0.232. The molecule has 0 saturated heterocycles. The summed E-state index contributed by atoms with van der Waals surface area (Å²) in [5.74, 6) is 1.86. The topological polar surface area (TPSA) is 73.1 Å². The molecule has 3 N–H and O–H groups in total. The van der Waals surface area contributed by atoms with Crippen LogP contribution in [0.25, 0.3) is 0 Å². The Kier molecular flexibility index (Phi) is 4.96. The average Bonchev–Trinajstić information content (AvgIpc) is 2.37. The van der Waals surface area contributed by atoms with Gasteiger partial charge in [0.1, 0.15) is 5.82 Å². The molecule has 1 aliphatic rings. The number of nitrogens with one attached hydrogen (secondary N) is 1. The summed E-state index contributed by atoms with van der Waals surface area (Å²) >= 11 is 0. The highest BCUT2D eigenvalue weighted by molar-refractivity contribution is 5.33. The third-order valence-electron chi connectivity index (χ3n) is 3.48. The van der Waals surface area contributed by atoms with Gasteiger partial charge in [0.15, 0.2) is 0 Å². The van der Waals surface area contributed by atoms with Crippen molar-refractivity contribution in [1.29, 1.82) is 0 Å². The van der Waals surface area contributed by atoms with Gasteiger partial charge in [-0.25, -0.2) is 0 Å². The van der Waals surface area contributed by atoms with Gasteiger partial charge in [-0.05, 0) is 32.6 Å². The van der Waals surface area contributed by atoms with Crippen LogP contribution in [0, 0.1) is 5.92 Å². The van der Waals surface area contributed by atoms with E-state index >= 15 is 0 Å². The minimum Gasteiger partial charge on any atom is -0.474 e. The molecular weight excluding hydrogens is 240 g/mol. The van der Waals surface area contributed by atoms with Crippen LogP contribution in [-0.4, -0.2) is 28.7 Å². The molecule has 2 atom stereocenters. The Bertz CT molecular complexity index is 397. The second-order valence-electron chi connectivity index (χ2n) is 5.50. The van der Waals surface area contributed by atoms with Crippen molar-refractivity contribution in [2.75, 3.05) is 11.9 Å². The summed E-state index contributed by atoms with van der Waals surface area (Å²) in [6.45, 7) is 4.81. The van der Waals surface area contributed by atoms with Gasteiger partial charge in [-0.1, -0.05) is 12.8 Å². The molecule has 2 rings (SSSR count). The fourth-order valence-corrected chi connectivity index (χ4v) is 2.46. The standard InChI is InChI=1S/C14H24N4O/c1-10(2)19-14-9-16-8-13(18-14)17-7-11-5-3-4-6-12(11)15/h8-12H,3-7,15H2,1-2H3,(H,17,18). The number of nitrogens with two attached hydrogens (primary N) is 1. The van der Waals surface area contributed by atoms with Crippen LogP contribution in [-0.2, 0) is 0 Å². The first-order valence-corrected chi connectivity index (χ1v) is 7.13. The Hall–Kier alpha value is -1.36. The first-order chi connectivity index (χ1) is 9.15. The molecule has 1 aromatic rings. The van der Waals surface area contributed by atoms with Crippen LogP contribution in [0.4, 0.5) is 5.82 Å². The summed E-state index contributed by atoms with van der Waals surface area (Å²) in [6, 6.07) is 0.310. The molecule has 5 nitrogen and oxygen atoms in total. The van der Waals surface area contributed by atoms with Gasteiger partial charge in [0.25, 0.3) is 0 Å². The Balaban J connectivity index is 1.88. The molecule has 1 aromatic heterocycles. The molecule has 1 aliphatic carbocycles. The molecule has 0 radical (unpaired) electrons. The van der Waals surface area contributed by atoms with E-state index < -0.39 is 0 Å². The number of anilines is 1. The van der Waals surface area contributed by atoms with E-state index in [9.17, 15) is 0 Å². The Labute approximate surface area is 115 Å². The average molecular weight is 264 g/mol. The molecule has 1 fully saturated rings. The molecule has 106 valence electrons. The lowest BCUT2D eigenvalue weighted by Gasteiger charge is -2.28. The maximum atomic E-state index is 6.14. The van der Waals surface area contributed by atoms with Crippen molar-refractivity contribution in [3.8, 4) is 5.88 Å². The zero-order valence-electron chi connectivity index (χ0n) is 11.8. The van der Waals surface area contributed by atoms with Gasteiger partial charge in [0.2, 0.25) is 5.88 Å². The van der Waals surface area contributed by atoms with Crippen LogP contribution in [0.1, 0.15) is 39.5 Å². The quantitative estimate of drug-likeness (QED) is 0.853. The molecule has 0 aliphatic heterocycles. The van der Waals surface area contributed by atoms with Gasteiger partial charge < -0.3 is 15.8 Å². The number of rotatable bonds is 5. The molecule has 0 amide bonds. The zero-order chi connectivity index (χ0) is 13.7. The van der Waals surface area contributed by atoms with Crippen LogP contribution in [0.15, 0.2) is 12.4 Å². The molecule has 2 unspecified atom stereocenters. The largest absolute Gasteiger partial charge is 0.474 e. The van der Waals surface area contributed by atoms with Gasteiger partial charge in [0.05, 0.1) is 18.5 Å². The Morgan fingerprint density at radius 3 is 2.89 bits per heavy atom. The van der Waals surface area contributed by atoms with Crippen molar-refractivity contribution in [1.82, 2.24) is 9.97 Å². The fourth-order valence-electron chi connectivity index (χ4n) is 2.46. The van der Waals surface area contributed by atoms with Gasteiger partial charge >= 0.3 is 0 Å². The molecule has 0 aromatic carbocycles. The van der Waals surface area contributed by atoms with E-state index in [1.807, 2.05) is 13.8 Å². The number of nitrogens with zero attached hydrogens (tertiary/aromatic N) is 2. The molecule has 1 saturated carbocycles. The van der Waals surface area contributed by atoms with Crippen molar-refractivity contribution in [2.45, 2.75) is 51.7 Å². The van der Waals surface area contributed by atoms with Gasteiger partial charge in [0, 0.05) is 12.6 Å². The lowest BCUT2D eigenvalue weighted by Crippen LogP contribution is -2.37. The predicted octanol–water partition coefficient (Wildman–Crippen LogP) is 2.19. The molecule has 5 heteroatoms. The normalized spacial score (nSPS) is 23.4. The predicted molar refractivity (Wildman–Crippen MR) is 76.2 cm³/mol. The van der Waals surface area contributed by atoms with E-state index in [2.05, 4.69) is 15.3 Å². The second-order valence-corrected chi connectivity index (χ2v) is 5.50. The van der Waals surface area contributed by atoms with Crippen LogP contribution < -0.4 is 15.8 Å². The number of aromatic nitrogens is 2. The smallest absolute Gasteiger partial charge is 0.234 e. The Morgan fingerprint density at radius 2 is 2.16 bits per heavy atom. The van der Waals surface area contributed by atoms with Crippen LogP contribution in [0.2, 0.25) is 0 Å². The first kappa shape index (κ1) is 14.1. The SMILES string of the molecule is CC(C)Oc1cncc(NCC2CCCCC2N)n1. The minimum absolute atomic E-state index is 0.108. The highest BCUT2D eigenvalue weighted by Crippen LogP contribution is 2.23. The van der Waals surface area contributed by atoms with E-state index in [1.54, 1.807) is 12.4 Å². The molecular formula is C14H24N4O. The van der Waals surface area contributed by atoms with Gasteiger partial charge in [-0.15, -0.1) is 0 Å². The molecule has 19 heavy (non-hydrogen) atoms. The van der Waals surface area contributed by atoms with E-state index in [-0.39, 0.29) is 6.10 Å². The maximum Gasteiger partial charge on any atom is 0.234 e. The van der Waals surface area contributed by atoms with Crippen molar-refractivity contribution < 1.29 is 4.74 Å². The highest BCUT2D eigenvalue weighted by Gasteiger charge is 2.21. The Morgan fingerprint density at radius 1 is 1.37 bits per heavy atom. The maximum absolute atomic E-state index is 6.14. The van der Waals surface area contributed by atoms with Crippen LogP contribution >= 0.6 is 0 Å². The number of hydrogen-bond acceptors (Lipinski definition) is 5. The monoisotopic (exact) mass is 264 g/mol. The molecule has 0 spiro atoms. The summed E-state index contributed by atoms with van der Waals surface area (Å²) in [6.07, 6.45) is 8.34. The first-order valence-electron chi connectivity index (χ1n) is 7.13. The van der Waals surface area contributed by atoms with Crippen LogP contribution in [0.3, 0.4) is 0 Å². The molecule has 0 bridgehead atoms. The van der Waals surface area contributed by atoms with E-state index in [1.165, 1.54) is 19.3 Å². The van der Waals surface area contributed by atoms with Gasteiger partial charge in [-0.3, -0.25) is 4.98 Å². The van der Waals surface area contributed by atoms with Crippen molar-refractivity contribution in [3.05, 3.63) is 12.4 Å². The fraction of sp³-hybridized carbons (Fsp3) is 0.714. The summed E-state index contributed by atoms with van der Waals surface area (Å²) < 4.78 is 5.53. The van der Waals surface area contributed by atoms with Crippen LogP contribution in [0.5, 0.6) is 5.88 Å². The van der Waals surface area contributed by atoms with Crippen molar-refractivity contribution in [3.63, 3.8) is 0 Å². The third kappa shape index (κ3) is 4.35. The number of ether oxygens (including phenoxy) is 1. The van der Waals surface area contributed by atoms with Gasteiger partial charge in [-0.2, -0.15) is 4.98 Å². The minimum atomic E-state index is 0.108. The molecule has 1 heterocycles. The van der Waals surface area contributed by atoms with Crippen molar-refractivity contribution in [2.24, 2.45) is 11.7 Å². The summed E-state index contributed by atoms with van der Waals surface area (Å²) in [7, 11) is 0. The third-order valence-corrected chi connectivity index (χ3v) is 3.48. The van der Waals surface area contributed by atoms with Crippen molar-refractivity contribution >= 4 is 5.82 Å². The van der Waals surface area contributed by atoms with E-state index in [0.717, 1.165) is 18.8 Å². The summed E-state index contributed by atoms with van der Waals surface area (Å²) in [5.41, 5.74) is 6.14.